The van der Waals surface area contributed by atoms with Gasteiger partial charge in [-0.25, -0.2) is 19.6 Å². The monoisotopic (exact) mass is 362 g/mol. The van der Waals surface area contributed by atoms with Crippen LogP contribution in [0.4, 0.5) is 10.6 Å². The van der Waals surface area contributed by atoms with Crippen LogP contribution >= 0.6 is 0 Å². The number of carboxylic acid groups (broad SMARTS) is 1. The number of nitrogens with one attached hydrogen (secondary N) is 1. The molecular formula is C18H26N4O4. The number of alkyl carbamates (subject to hydrolysis) is 1. The lowest BCUT2D eigenvalue weighted by Crippen LogP contribution is -2.46. The average Bonchev–Trinajstić information content (AvgIpc) is 3.38. The molecule has 3 rings (SSSR count). The highest BCUT2D eigenvalue weighted by molar-refractivity contribution is 5.86. The zero-order chi connectivity index (χ0) is 18.9. The van der Waals surface area contributed by atoms with Crippen molar-refractivity contribution < 1.29 is 19.4 Å². The van der Waals surface area contributed by atoms with Gasteiger partial charge < -0.3 is 20.1 Å². The van der Waals surface area contributed by atoms with Crippen molar-refractivity contribution in [2.24, 2.45) is 0 Å². The van der Waals surface area contributed by atoms with Gasteiger partial charge in [-0.05, 0) is 46.5 Å². The molecule has 0 atom stereocenters. The van der Waals surface area contributed by atoms with Crippen LogP contribution in [-0.4, -0.2) is 51.9 Å². The zero-order valence-corrected chi connectivity index (χ0v) is 15.5. The van der Waals surface area contributed by atoms with Crippen molar-refractivity contribution >= 4 is 17.9 Å². The summed E-state index contributed by atoms with van der Waals surface area (Å²) in [5.74, 6) is 0.556. The summed E-state index contributed by atoms with van der Waals surface area (Å²) < 4.78 is 5.29. The molecule has 1 aromatic rings. The summed E-state index contributed by atoms with van der Waals surface area (Å²) >= 11 is 0. The van der Waals surface area contributed by atoms with Gasteiger partial charge in [-0.3, -0.25) is 0 Å². The summed E-state index contributed by atoms with van der Waals surface area (Å²) in [6.07, 6.45) is 3.14. The van der Waals surface area contributed by atoms with Crippen LogP contribution in [0.1, 0.15) is 68.7 Å². The maximum atomic E-state index is 11.9. The molecule has 0 aromatic carbocycles. The number of aromatic carboxylic acids is 1. The number of hydrogen-bond acceptors (Lipinski definition) is 6. The van der Waals surface area contributed by atoms with Crippen molar-refractivity contribution in [1.29, 1.82) is 0 Å². The van der Waals surface area contributed by atoms with Crippen molar-refractivity contribution in [1.82, 2.24) is 15.3 Å². The normalized spacial score (nSPS) is 18.5. The van der Waals surface area contributed by atoms with Gasteiger partial charge in [0.2, 0.25) is 0 Å². The maximum Gasteiger partial charge on any atom is 0.407 e. The summed E-state index contributed by atoms with van der Waals surface area (Å²) in [7, 11) is 0. The van der Waals surface area contributed by atoms with Gasteiger partial charge in [-0.2, -0.15) is 0 Å². The third-order valence-electron chi connectivity index (χ3n) is 4.43. The predicted molar refractivity (Wildman–Crippen MR) is 95.6 cm³/mol. The van der Waals surface area contributed by atoms with E-state index in [0.29, 0.717) is 30.6 Å². The minimum atomic E-state index is -1.03. The van der Waals surface area contributed by atoms with Crippen molar-refractivity contribution in [2.75, 3.05) is 18.0 Å². The average molecular weight is 362 g/mol. The highest BCUT2D eigenvalue weighted by Crippen LogP contribution is 2.38. The quantitative estimate of drug-likeness (QED) is 0.848. The predicted octanol–water partition coefficient (Wildman–Crippen LogP) is 2.55. The van der Waals surface area contributed by atoms with E-state index in [-0.39, 0.29) is 11.7 Å². The Balaban J connectivity index is 1.61. The molecule has 1 amide bonds. The number of carboxylic acids is 1. The summed E-state index contributed by atoms with van der Waals surface area (Å²) in [6.45, 7) is 6.90. The van der Waals surface area contributed by atoms with Crippen LogP contribution in [0.5, 0.6) is 0 Å². The number of nitrogens with zero attached hydrogens (tertiary/aromatic N) is 3. The van der Waals surface area contributed by atoms with Gasteiger partial charge in [0.05, 0.1) is 0 Å². The molecule has 1 aliphatic carbocycles. The second-order valence-electron chi connectivity index (χ2n) is 7.96. The Labute approximate surface area is 153 Å². The lowest BCUT2D eigenvalue weighted by atomic mass is 10.1. The number of carbonyl (C=O) groups excluding carboxylic acids is 1. The molecule has 1 aliphatic heterocycles. The molecule has 26 heavy (non-hydrogen) atoms. The second-order valence-corrected chi connectivity index (χ2v) is 7.96. The number of anilines is 1. The molecule has 0 bridgehead atoms. The highest BCUT2D eigenvalue weighted by atomic mass is 16.6. The van der Waals surface area contributed by atoms with E-state index in [1.165, 1.54) is 6.07 Å². The molecule has 0 radical (unpaired) electrons. The maximum absolute atomic E-state index is 11.9. The molecule has 8 nitrogen and oxygen atoms in total. The lowest BCUT2D eigenvalue weighted by molar-refractivity contribution is 0.0496. The number of rotatable bonds is 4. The largest absolute Gasteiger partial charge is 0.477 e. The van der Waals surface area contributed by atoms with E-state index in [1.54, 1.807) is 0 Å². The standard InChI is InChI=1S/C18H26N4O4/c1-18(2,3)26-17(25)19-12-6-8-22(9-7-12)14-10-13(16(23)24)20-15(21-14)11-4-5-11/h10-12H,4-9H2,1-3H3,(H,19,25)(H,23,24). The first-order chi connectivity index (χ1) is 12.2. The molecule has 2 fully saturated rings. The number of ether oxygens (including phenoxy) is 1. The van der Waals surface area contributed by atoms with Crippen LogP contribution in [0.15, 0.2) is 6.07 Å². The van der Waals surface area contributed by atoms with Gasteiger partial charge >= 0.3 is 12.1 Å². The third kappa shape index (κ3) is 4.83. The minimum Gasteiger partial charge on any atom is -0.477 e. The van der Waals surface area contributed by atoms with Crippen LogP contribution < -0.4 is 10.2 Å². The molecule has 1 saturated carbocycles. The number of piperidine rings is 1. The molecule has 1 saturated heterocycles. The Morgan fingerprint density at radius 3 is 2.38 bits per heavy atom. The van der Waals surface area contributed by atoms with E-state index in [4.69, 9.17) is 4.74 Å². The van der Waals surface area contributed by atoms with Gasteiger partial charge in [-0.1, -0.05) is 0 Å². The molecule has 2 aliphatic rings. The summed E-state index contributed by atoms with van der Waals surface area (Å²) in [5.41, 5.74) is -0.469. The lowest BCUT2D eigenvalue weighted by Gasteiger charge is -2.33. The second kappa shape index (κ2) is 7.09. The molecule has 8 heteroatoms. The van der Waals surface area contributed by atoms with Crippen molar-refractivity contribution in [3.05, 3.63) is 17.6 Å². The van der Waals surface area contributed by atoms with Crippen LogP contribution in [0.2, 0.25) is 0 Å². The minimum absolute atomic E-state index is 0.0461. The van der Waals surface area contributed by atoms with Crippen LogP contribution in [0.25, 0.3) is 0 Å². The van der Waals surface area contributed by atoms with Gasteiger partial charge in [-0.15, -0.1) is 0 Å². The molecular weight excluding hydrogens is 336 g/mol. The third-order valence-corrected chi connectivity index (χ3v) is 4.43. The molecule has 1 aromatic heterocycles. The zero-order valence-electron chi connectivity index (χ0n) is 15.5. The molecule has 0 unspecified atom stereocenters. The Kier molecular flexibility index (Phi) is 5.02. The topological polar surface area (TPSA) is 105 Å². The summed E-state index contributed by atoms with van der Waals surface area (Å²) in [5, 5.41) is 12.2. The Hall–Kier alpha value is -2.38. The van der Waals surface area contributed by atoms with E-state index in [1.807, 2.05) is 20.8 Å². The molecule has 2 N–H and O–H groups in total. The molecule has 0 spiro atoms. The summed E-state index contributed by atoms with van der Waals surface area (Å²) in [4.78, 5) is 34.0. The SMILES string of the molecule is CC(C)(C)OC(=O)NC1CCN(c2cc(C(=O)O)nc(C3CC3)n2)CC1. The molecule has 2 heterocycles. The first-order valence-electron chi connectivity index (χ1n) is 9.08. The van der Waals surface area contributed by atoms with E-state index >= 15 is 0 Å². The fourth-order valence-corrected chi connectivity index (χ4v) is 2.98. The smallest absolute Gasteiger partial charge is 0.407 e. The summed E-state index contributed by atoms with van der Waals surface area (Å²) in [6, 6.07) is 1.58. The Bertz CT molecular complexity index is 689. The van der Waals surface area contributed by atoms with Crippen LogP contribution in [0.3, 0.4) is 0 Å². The number of hydrogen-bond donors (Lipinski definition) is 2. The fraction of sp³-hybridized carbons (Fsp3) is 0.667. The van der Waals surface area contributed by atoms with Crippen molar-refractivity contribution in [3.8, 4) is 0 Å². The number of amides is 1. The van der Waals surface area contributed by atoms with Gasteiger partial charge in [0.25, 0.3) is 0 Å². The Morgan fingerprint density at radius 2 is 1.85 bits per heavy atom. The van der Waals surface area contributed by atoms with Crippen LogP contribution in [0, 0.1) is 0 Å². The van der Waals surface area contributed by atoms with E-state index in [9.17, 15) is 14.7 Å². The van der Waals surface area contributed by atoms with Gasteiger partial charge in [0, 0.05) is 31.1 Å². The molecule has 142 valence electrons. The number of aromatic nitrogens is 2. The van der Waals surface area contributed by atoms with E-state index in [0.717, 1.165) is 25.7 Å². The van der Waals surface area contributed by atoms with Gasteiger partial charge in [0.15, 0.2) is 5.69 Å². The Morgan fingerprint density at radius 1 is 1.19 bits per heavy atom. The number of carbonyl (C=O) groups is 2. The van der Waals surface area contributed by atoms with E-state index < -0.39 is 17.7 Å². The van der Waals surface area contributed by atoms with Crippen LogP contribution in [-0.2, 0) is 4.74 Å². The van der Waals surface area contributed by atoms with Gasteiger partial charge in [0.1, 0.15) is 17.2 Å². The van der Waals surface area contributed by atoms with Crippen molar-refractivity contribution in [3.63, 3.8) is 0 Å². The fourth-order valence-electron chi connectivity index (χ4n) is 2.98. The first kappa shape index (κ1) is 18.4. The highest BCUT2D eigenvalue weighted by Gasteiger charge is 2.30. The van der Waals surface area contributed by atoms with E-state index in [2.05, 4.69) is 20.2 Å². The van der Waals surface area contributed by atoms with Crippen molar-refractivity contribution in [2.45, 2.75) is 64.0 Å². The first-order valence-corrected chi connectivity index (χ1v) is 9.08.